The van der Waals surface area contributed by atoms with Gasteiger partial charge in [0, 0.05) is 22.3 Å². The first-order chi connectivity index (χ1) is 15.9. The van der Waals surface area contributed by atoms with Gasteiger partial charge >= 0.3 is 0 Å². The van der Waals surface area contributed by atoms with Crippen LogP contribution in [-0.2, 0) is 13.2 Å². The Labute approximate surface area is 200 Å². The first kappa shape index (κ1) is 22.8. The van der Waals surface area contributed by atoms with Gasteiger partial charge < -0.3 is 10.1 Å². The lowest BCUT2D eigenvalue weighted by molar-refractivity contribution is 0.102. The summed E-state index contributed by atoms with van der Waals surface area (Å²) in [5.41, 5.74) is 3.16. The average molecular weight is 484 g/mol. The van der Waals surface area contributed by atoms with Crippen LogP contribution < -0.4 is 10.1 Å². The zero-order valence-electron chi connectivity index (χ0n) is 17.7. The van der Waals surface area contributed by atoms with Crippen LogP contribution in [0.1, 0.15) is 27.0 Å². The molecule has 0 bridgehead atoms. The molecular formula is C25H20Cl2FN3O2. The van der Waals surface area contributed by atoms with Crippen LogP contribution in [0.2, 0.25) is 10.0 Å². The van der Waals surface area contributed by atoms with Gasteiger partial charge in [0.05, 0.1) is 23.5 Å². The van der Waals surface area contributed by atoms with Gasteiger partial charge in [-0.05, 0) is 54.4 Å². The molecule has 1 aromatic heterocycles. The Kier molecular flexibility index (Phi) is 6.96. The second-order valence-electron chi connectivity index (χ2n) is 7.50. The molecule has 0 aliphatic heterocycles. The molecule has 1 amide bonds. The minimum Gasteiger partial charge on any atom is -0.487 e. The van der Waals surface area contributed by atoms with Crippen molar-refractivity contribution >= 4 is 34.8 Å². The van der Waals surface area contributed by atoms with Crippen molar-refractivity contribution in [3.8, 4) is 5.75 Å². The Morgan fingerprint density at radius 2 is 1.91 bits per heavy atom. The number of amides is 1. The fourth-order valence-corrected chi connectivity index (χ4v) is 3.64. The van der Waals surface area contributed by atoms with Crippen molar-refractivity contribution in [3.63, 3.8) is 0 Å². The third-order valence-corrected chi connectivity index (χ3v) is 5.61. The Morgan fingerprint density at radius 3 is 2.73 bits per heavy atom. The van der Waals surface area contributed by atoms with E-state index in [0.717, 1.165) is 11.1 Å². The SMILES string of the molecule is Cc1ccc(Cl)c(OCc2cccc(C(=O)Nc3cnn(Cc4c(F)cccc4Cl)c3)c2)c1. The summed E-state index contributed by atoms with van der Waals surface area (Å²) in [6, 6.07) is 17.2. The van der Waals surface area contributed by atoms with E-state index in [2.05, 4.69) is 10.4 Å². The van der Waals surface area contributed by atoms with Crippen LogP contribution in [0.5, 0.6) is 5.75 Å². The molecule has 3 aromatic carbocycles. The second kappa shape index (κ2) is 10.1. The summed E-state index contributed by atoms with van der Waals surface area (Å²) in [6.07, 6.45) is 3.12. The first-order valence-electron chi connectivity index (χ1n) is 10.1. The van der Waals surface area contributed by atoms with Crippen molar-refractivity contribution in [3.05, 3.63) is 111 Å². The Morgan fingerprint density at radius 1 is 1.09 bits per heavy atom. The summed E-state index contributed by atoms with van der Waals surface area (Å²) >= 11 is 12.3. The van der Waals surface area contributed by atoms with Crippen LogP contribution in [0.3, 0.4) is 0 Å². The number of aryl methyl sites for hydroxylation is 1. The molecule has 0 aliphatic rings. The van der Waals surface area contributed by atoms with E-state index >= 15 is 0 Å². The topological polar surface area (TPSA) is 56.1 Å². The molecule has 0 fully saturated rings. The van der Waals surface area contributed by atoms with E-state index in [1.54, 1.807) is 42.6 Å². The highest BCUT2D eigenvalue weighted by molar-refractivity contribution is 6.32. The van der Waals surface area contributed by atoms with Crippen molar-refractivity contribution in [1.29, 1.82) is 0 Å². The first-order valence-corrected chi connectivity index (χ1v) is 10.9. The van der Waals surface area contributed by atoms with Gasteiger partial charge in [-0.1, -0.05) is 47.5 Å². The summed E-state index contributed by atoms with van der Waals surface area (Å²) in [5, 5.41) is 7.83. The number of hydrogen-bond donors (Lipinski definition) is 1. The van der Waals surface area contributed by atoms with Gasteiger partial charge in [0.2, 0.25) is 0 Å². The lowest BCUT2D eigenvalue weighted by atomic mass is 10.1. The number of rotatable bonds is 7. The monoisotopic (exact) mass is 483 g/mol. The van der Waals surface area contributed by atoms with Gasteiger partial charge in [-0.2, -0.15) is 5.10 Å². The van der Waals surface area contributed by atoms with Gasteiger partial charge in [-0.25, -0.2) is 4.39 Å². The van der Waals surface area contributed by atoms with Crippen molar-refractivity contribution < 1.29 is 13.9 Å². The largest absolute Gasteiger partial charge is 0.487 e. The predicted molar refractivity (Wildman–Crippen MR) is 128 cm³/mol. The minimum atomic E-state index is -0.408. The number of carbonyl (C=O) groups is 1. The number of ether oxygens (including phenoxy) is 1. The maximum atomic E-state index is 14.0. The smallest absolute Gasteiger partial charge is 0.255 e. The van der Waals surface area contributed by atoms with Crippen LogP contribution in [-0.4, -0.2) is 15.7 Å². The number of nitrogens with zero attached hydrogens (tertiary/aromatic N) is 2. The molecule has 168 valence electrons. The molecule has 8 heteroatoms. The van der Waals surface area contributed by atoms with E-state index in [-0.39, 0.29) is 19.1 Å². The highest BCUT2D eigenvalue weighted by Crippen LogP contribution is 2.26. The molecule has 4 aromatic rings. The summed E-state index contributed by atoms with van der Waals surface area (Å²) in [6.45, 7) is 2.38. The fourth-order valence-electron chi connectivity index (χ4n) is 3.25. The van der Waals surface area contributed by atoms with E-state index in [4.69, 9.17) is 27.9 Å². The molecule has 0 atom stereocenters. The summed E-state index contributed by atoms with van der Waals surface area (Å²) in [4.78, 5) is 12.7. The zero-order chi connectivity index (χ0) is 23.4. The Hall–Kier alpha value is -3.35. The van der Waals surface area contributed by atoms with Crippen LogP contribution >= 0.6 is 23.2 Å². The van der Waals surface area contributed by atoms with E-state index in [9.17, 15) is 9.18 Å². The second-order valence-corrected chi connectivity index (χ2v) is 8.32. The number of hydrogen-bond acceptors (Lipinski definition) is 3. The third-order valence-electron chi connectivity index (χ3n) is 4.94. The number of halogens is 3. The summed E-state index contributed by atoms with van der Waals surface area (Å²) in [7, 11) is 0. The number of aromatic nitrogens is 2. The minimum absolute atomic E-state index is 0.149. The zero-order valence-corrected chi connectivity index (χ0v) is 19.2. The molecule has 0 spiro atoms. The lowest BCUT2D eigenvalue weighted by Gasteiger charge is -2.10. The molecular weight excluding hydrogens is 464 g/mol. The van der Waals surface area contributed by atoms with E-state index < -0.39 is 5.82 Å². The highest BCUT2D eigenvalue weighted by atomic mass is 35.5. The van der Waals surface area contributed by atoms with Gasteiger partial charge in [-0.15, -0.1) is 0 Å². The molecule has 0 radical (unpaired) electrons. The molecule has 1 heterocycles. The lowest BCUT2D eigenvalue weighted by Crippen LogP contribution is -2.12. The van der Waals surface area contributed by atoms with Crippen LogP contribution in [0.25, 0.3) is 0 Å². The molecule has 4 rings (SSSR count). The van der Waals surface area contributed by atoms with Crippen molar-refractivity contribution in [2.24, 2.45) is 0 Å². The molecule has 0 saturated carbocycles. The van der Waals surface area contributed by atoms with Crippen molar-refractivity contribution in [2.45, 2.75) is 20.1 Å². The van der Waals surface area contributed by atoms with Gasteiger partial charge in [0.15, 0.2) is 0 Å². The van der Waals surface area contributed by atoms with Crippen molar-refractivity contribution in [2.75, 3.05) is 5.32 Å². The fraction of sp³-hybridized carbons (Fsp3) is 0.120. The van der Waals surface area contributed by atoms with Crippen molar-refractivity contribution in [1.82, 2.24) is 9.78 Å². The molecule has 0 aliphatic carbocycles. The summed E-state index contributed by atoms with van der Waals surface area (Å²) < 4.78 is 21.3. The van der Waals surface area contributed by atoms with E-state index in [1.807, 2.05) is 25.1 Å². The normalized spacial score (nSPS) is 10.8. The predicted octanol–water partition coefficient (Wildman–Crippen LogP) is 6.52. The standard InChI is InChI=1S/C25H20Cl2FN3O2/c1-16-8-9-22(27)24(10-16)33-15-17-4-2-5-18(11-17)25(32)30-19-12-29-31(13-19)14-20-21(26)6-3-7-23(20)28/h2-13H,14-15H2,1H3,(H,30,32). The Bertz CT molecular complexity index is 1290. The van der Waals surface area contributed by atoms with Gasteiger partial charge in [-0.3, -0.25) is 9.48 Å². The highest BCUT2D eigenvalue weighted by Gasteiger charge is 2.12. The average Bonchev–Trinajstić information content (AvgIpc) is 3.24. The van der Waals surface area contributed by atoms with Crippen LogP contribution in [0.4, 0.5) is 10.1 Å². The number of carbonyl (C=O) groups excluding carboxylic acids is 1. The van der Waals surface area contributed by atoms with E-state index in [1.165, 1.54) is 16.9 Å². The van der Waals surface area contributed by atoms with Gasteiger partial charge in [0.1, 0.15) is 18.2 Å². The number of benzene rings is 3. The van der Waals surface area contributed by atoms with Gasteiger partial charge in [0.25, 0.3) is 5.91 Å². The Balaban J connectivity index is 1.40. The molecule has 0 unspecified atom stereocenters. The quantitative estimate of drug-likeness (QED) is 0.325. The number of nitrogens with one attached hydrogen (secondary N) is 1. The molecule has 1 N–H and O–H groups in total. The third kappa shape index (κ3) is 5.72. The maximum Gasteiger partial charge on any atom is 0.255 e. The molecule has 0 saturated heterocycles. The number of anilines is 1. The van der Waals surface area contributed by atoms with Crippen LogP contribution in [0.15, 0.2) is 73.1 Å². The van der Waals surface area contributed by atoms with E-state index in [0.29, 0.717) is 32.6 Å². The molecule has 33 heavy (non-hydrogen) atoms. The molecule has 5 nitrogen and oxygen atoms in total. The maximum absolute atomic E-state index is 14.0. The van der Waals surface area contributed by atoms with Crippen LogP contribution in [0, 0.1) is 12.7 Å². The summed E-state index contributed by atoms with van der Waals surface area (Å²) in [5.74, 6) is -0.114.